The number of ether oxygens (including phenoxy) is 1. The van der Waals surface area contributed by atoms with E-state index in [-0.39, 0.29) is 6.42 Å². The number of carbonyl (C=O) groups excluding carboxylic acids is 1. The number of halogens is 1. The molecule has 0 aromatic heterocycles. The van der Waals surface area contributed by atoms with Crippen LogP contribution in [0.4, 0.5) is 4.39 Å². The predicted molar refractivity (Wildman–Crippen MR) is 61.8 cm³/mol. The Balaban J connectivity index is 3.04. The van der Waals surface area contributed by atoms with Gasteiger partial charge in [-0.3, -0.25) is 0 Å². The van der Waals surface area contributed by atoms with Crippen LogP contribution in [0.1, 0.15) is 31.7 Å². The van der Waals surface area contributed by atoms with E-state index in [0.29, 0.717) is 12.0 Å². The Bertz CT molecular complexity index is 375. The Morgan fingerprint density at radius 3 is 2.47 bits per heavy atom. The minimum Gasteiger partial charge on any atom is -0.467 e. The van der Waals surface area contributed by atoms with Gasteiger partial charge in [0.05, 0.1) is 7.11 Å². The second-order valence-electron chi connectivity index (χ2n) is 3.96. The summed E-state index contributed by atoms with van der Waals surface area (Å²) in [5.41, 5.74) is -1.32. The van der Waals surface area contributed by atoms with Gasteiger partial charge in [-0.15, -0.1) is 0 Å². The molecule has 0 aliphatic heterocycles. The van der Waals surface area contributed by atoms with Crippen molar-refractivity contribution in [3.05, 3.63) is 35.6 Å². The highest BCUT2D eigenvalue weighted by atomic mass is 19.1. The van der Waals surface area contributed by atoms with Crippen molar-refractivity contribution in [1.82, 2.24) is 0 Å². The molecule has 0 aliphatic rings. The molecule has 0 heterocycles. The second kappa shape index (κ2) is 5.77. The lowest BCUT2D eigenvalue weighted by molar-refractivity contribution is -0.164. The third-order valence-corrected chi connectivity index (χ3v) is 2.74. The molecule has 4 heteroatoms. The van der Waals surface area contributed by atoms with Crippen molar-refractivity contribution in [2.45, 2.75) is 31.8 Å². The average molecular weight is 240 g/mol. The molecule has 0 aliphatic carbocycles. The molecule has 0 radical (unpaired) electrons. The van der Waals surface area contributed by atoms with E-state index >= 15 is 0 Å². The van der Waals surface area contributed by atoms with Gasteiger partial charge in [0.1, 0.15) is 5.82 Å². The fourth-order valence-corrected chi connectivity index (χ4v) is 1.69. The first-order valence-electron chi connectivity index (χ1n) is 5.61. The highest BCUT2D eigenvalue weighted by Gasteiger charge is 2.38. The van der Waals surface area contributed by atoms with Crippen LogP contribution in [0.3, 0.4) is 0 Å². The predicted octanol–water partition coefficient (Wildman–Crippen LogP) is 2.38. The van der Waals surface area contributed by atoms with Crippen LogP contribution in [-0.2, 0) is 15.1 Å². The highest BCUT2D eigenvalue weighted by Crippen LogP contribution is 2.28. The number of hydrogen-bond donors (Lipinski definition) is 1. The van der Waals surface area contributed by atoms with Crippen LogP contribution in [0.15, 0.2) is 24.3 Å². The molecular weight excluding hydrogens is 223 g/mol. The molecule has 0 saturated heterocycles. The fraction of sp³-hybridized carbons (Fsp3) is 0.462. The average Bonchev–Trinajstić information content (AvgIpc) is 2.35. The van der Waals surface area contributed by atoms with Crippen molar-refractivity contribution in [3.8, 4) is 0 Å². The largest absolute Gasteiger partial charge is 0.467 e. The number of rotatable bonds is 5. The molecule has 1 rings (SSSR count). The summed E-state index contributed by atoms with van der Waals surface area (Å²) in [5.74, 6) is -1.12. The highest BCUT2D eigenvalue weighted by molar-refractivity contribution is 5.80. The zero-order chi connectivity index (χ0) is 12.9. The molecular formula is C13H17FO3. The van der Waals surface area contributed by atoms with Gasteiger partial charge in [0, 0.05) is 0 Å². The Morgan fingerprint density at radius 2 is 2.00 bits per heavy atom. The fourth-order valence-electron chi connectivity index (χ4n) is 1.69. The topological polar surface area (TPSA) is 46.5 Å². The van der Waals surface area contributed by atoms with Gasteiger partial charge in [-0.25, -0.2) is 9.18 Å². The van der Waals surface area contributed by atoms with E-state index < -0.39 is 17.4 Å². The van der Waals surface area contributed by atoms with Gasteiger partial charge in [0.25, 0.3) is 0 Å². The molecule has 0 spiro atoms. The van der Waals surface area contributed by atoms with Crippen molar-refractivity contribution >= 4 is 5.97 Å². The van der Waals surface area contributed by atoms with E-state index in [1.165, 1.54) is 31.4 Å². The summed E-state index contributed by atoms with van der Waals surface area (Å²) in [6.45, 7) is 1.96. The summed E-state index contributed by atoms with van der Waals surface area (Å²) in [6.07, 6.45) is 1.80. The van der Waals surface area contributed by atoms with Crippen LogP contribution in [0.5, 0.6) is 0 Å². The first kappa shape index (κ1) is 13.6. The number of unbranched alkanes of at least 4 members (excludes halogenated alkanes) is 1. The van der Waals surface area contributed by atoms with Gasteiger partial charge in [-0.2, -0.15) is 0 Å². The number of aliphatic hydroxyl groups is 1. The molecule has 0 saturated carbocycles. The lowest BCUT2D eigenvalue weighted by Gasteiger charge is -2.25. The third-order valence-electron chi connectivity index (χ3n) is 2.74. The number of benzene rings is 1. The van der Waals surface area contributed by atoms with Gasteiger partial charge in [-0.1, -0.05) is 25.5 Å². The van der Waals surface area contributed by atoms with E-state index in [1.54, 1.807) is 0 Å². The molecule has 0 bridgehead atoms. The van der Waals surface area contributed by atoms with Crippen molar-refractivity contribution < 1.29 is 19.0 Å². The first-order valence-corrected chi connectivity index (χ1v) is 5.61. The zero-order valence-electron chi connectivity index (χ0n) is 10.1. The number of hydrogen-bond acceptors (Lipinski definition) is 3. The minimum atomic E-state index is -1.68. The van der Waals surface area contributed by atoms with E-state index in [9.17, 15) is 14.3 Å². The lowest BCUT2D eigenvalue weighted by atomic mass is 9.88. The molecule has 1 atom stereocenters. The van der Waals surface area contributed by atoms with Gasteiger partial charge in [-0.05, 0) is 30.5 Å². The standard InChI is InChI=1S/C13H17FO3/c1-3-4-9-13(16,12(15)17-2)10-5-7-11(14)8-6-10/h5-8,16H,3-4,9H2,1-2H3. The molecule has 3 nitrogen and oxygen atoms in total. The van der Waals surface area contributed by atoms with Crippen molar-refractivity contribution in [1.29, 1.82) is 0 Å². The maximum absolute atomic E-state index is 12.8. The van der Waals surface area contributed by atoms with E-state index in [0.717, 1.165) is 6.42 Å². The molecule has 1 N–H and O–H groups in total. The van der Waals surface area contributed by atoms with Crippen LogP contribution in [-0.4, -0.2) is 18.2 Å². The van der Waals surface area contributed by atoms with Crippen molar-refractivity contribution in [3.63, 3.8) is 0 Å². The molecule has 0 amide bonds. The van der Waals surface area contributed by atoms with Crippen LogP contribution in [0.25, 0.3) is 0 Å². The number of esters is 1. The number of methoxy groups -OCH3 is 1. The Morgan fingerprint density at radius 1 is 1.41 bits per heavy atom. The summed E-state index contributed by atoms with van der Waals surface area (Å²) >= 11 is 0. The molecule has 1 aromatic rings. The summed E-state index contributed by atoms with van der Waals surface area (Å²) in [4.78, 5) is 11.7. The van der Waals surface area contributed by atoms with Gasteiger partial charge in [0.15, 0.2) is 5.60 Å². The minimum absolute atomic E-state index is 0.266. The van der Waals surface area contributed by atoms with E-state index in [4.69, 9.17) is 0 Å². The molecule has 0 fully saturated rings. The van der Waals surface area contributed by atoms with E-state index in [2.05, 4.69) is 4.74 Å². The Kier molecular flexibility index (Phi) is 4.63. The summed E-state index contributed by atoms with van der Waals surface area (Å²) < 4.78 is 17.4. The van der Waals surface area contributed by atoms with Crippen molar-refractivity contribution in [2.24, 2.45) is 0 Å². The maximum atomic E-state index is 12.8. The Hall–Kier alpha value is -1.42. The molecule has 1 aromatic carbocycles. The van der Waals surface area contributed by atoms with Gasteiger partial charge < -0.3 is 9.84 Å². The third kappa shape index (κ3) is 3.03. The molecule has 1 unspecified atom stereocenters. The molecule has 94 valence electrons. The van der Waals surface area contributed by atoms with Crippen LogP contribution in [0.2, 0.25) is 0 Å². The van der Waals surface area contributed by atoms with Crippen molar-refractivity contribution in [2.75, 3.05) is 7.11 Å². The quantitative estimate of drug-likeness (QED) is 0.804. The smallest absolute Gasteiger partial charge is 0.342 e. The van der Waals surface area contributed by atoms with E-state index in [1.807, 2.05) is 6.92 Å². The maximum Gasteiger partial charge on any atom is 0.342 e. The summed E-state index contributed by atoms with van der Waals surface area (Å²) in [5, 5.41) is 10.4. The van der Waals surface area contributed by atoms with Gasteiger partial charge in [0.2, 0.25) is 0 Å². The second-order valence-corrected chi connectivity index (χ2v) is 3.96. The van der Waals surface area contributed by atoms with Crippen LogP contribution in [0, 0.1) is 5.82 Å². The van der Waals surface area contributed by atoms with Crippen LogP contribution < -0.4 is 0 Å². The summed E-state index contributed by atoms with van der Waals surface area (Å²) in [7, 11) is 1.22. The van der Waals surface area contributed by atoms with Gasteiger partial charge >= 0.3 is 5.97 Å². The normalized spacial score (nSPS) is 14.1. The Labute approximate surface area is 100 Å². The summed E-state index contributed by atoms with van der Waals surface area (Å²) in [6, 6.07) is 5.24. The first-order chi connectivity index (χ1) is 8.04. The number of carbonyl (C=O) groups is 1. The monoisotopic (exact) mass is 240 g/mol. The van der Waals surface area contributed by atoms with Crippen LogP contribution >= 0.6 is 0 Å². The SMILES string of the molecule is CCCCC(O)(C(=O)OC)c1ccc(F)cc1. The lowest BCUT2D eigenvalue weighted by Crippen LogP contribution is -2.36. The molecule has 17 heavy (non-hydrogen) atoms. The zero-order valence-corrected chi connectivity index (χ0v) is 10.1.